The summed E-state index contributed by atoms with van der Waals surface area (Å²) in [5, 5.41) is 13.4. The minimum atomic E-state index is -0.0698. The third-order valence-electron chi connectivity index (χ3n) is 4.71. The second kappa shape index (κ2) is 7.61. The number of thioether (sulfide) groups is 1. The number of nitrogens with one attached hydrogen (secondary N) is 1. The van der Waals surface area contributed by atoms with Crippen molar-refractivity contribution in [2.24, 2.45) is 0 Å². The number of pyridine rings is 1. The summed E-state index contributed by atoms with van der Waals surface area (Å²) >= 11 is 1.44. The molecule has 1 N–H and O–H groups in total. The van der Waals surface area contributed by atoms with Crippen LogP contribution in [-0.2, 0) is 4.79 Å². The number of para-hydroxylation sites is 2. The molecule has 0 radical (unpaired) electrons. The number of carbonyl (C=O) groups is 1. The lowest BCUT2D eigenvalue weighted by Gasteiger charge is -2.11. The van der Waals surface area contributed by atoms with Gasteiger partial charge in [0.2, 0.25) is 5.91 Å². The van der Waals surface area contributed by atoms with Crippen molar-refractivity contribution >= 4 is 40.0 Å². The summed E-state index contributed by atoms with van der Waals surface area (Å²) in [4.78, 5) is 17.2. The third kappa shape index (κ3) is 3.69. The zero-order chi connectivity index (χ0) is 20.5. The van der Waals surface area contributed by atoms with Crippen LogP contribution in [0.1, 0.15) is 22.3 Å². The number of aromatic nitrogens is 2. The molecule has 2 aromatic carbocycles. The Labute approximate surface area is 173 Å². The topological polar surface area (TPSA) is 70.2 Å². The average Bonchev–Trinajstić information content (AvgIpc) is 3.04. The Kier molecular flexibility index (Phi) is 4.99. The molecule has 0 saturated carbocycles. The van der Waals surface area contributed by atoms with E-state index in [1.54, 1.807) is 0 Å². The molecule has 2 aromatic heterocycles. The van der Waals surface area contributed by atoms with Crippen LogP contribution in [0.5, 0.6) is 0 Å². The molecular formula is C23H20N4OS. The van der Waals surface area contributed by atoms with Crippen LogP contribution in [0, 0.1) is 32.1 Å². The summed E-state index contributed by atoms with van der Waals surface area (Å²) in [7, 11) is 0. The van der Waals surface area contributed by atoms with Crippen LogP contribution in [-0.4, -0.2) is 21.0 Å². The van der Waals surface area contributed by atoms with Gasteiger partial charge >= 0.3 is 0 Å². The Bertz CT molecular complexity index is 1280. The van der Waals surface area contributed by atoms with Gasteiger partial charge in [-0.05, 0) is 67.8 Å². The number of anilines is 1. The van der Waals surface area contributed by atoms with E-state index in [1.165, 1.54) is 11.8 Å². The predicted octanol–water partition coefficient (Wildman–Crippen LogP) is 5.02. The number of fused-ring (bicyclic) bond motifs is 3. The molecule has 29 heavy (non-hydrogen) atoms. The van der Waals surface area contributed by atoms with Crippen molar-refractivity contribution in [3.05, 3.63) is 70.8 Å². The highest BCUT2D eigenvalue weighted by Crippen LogP contribution is 2.29. The van der Waals surface area contributed by atoms with E-state index in [0.29, 0.717) is 11.2 Å². The second-order valence-corrected chi connectivity index (χ2v) is 8.12. The maximum Gasteiger partial charge on any atom is 0.234 e. The van der Waals surface area contributed by atoms with Crippen molar-refractivity contribution in [2.75, 3.05) is 11.1 Å². The van der Waals surface area contributed by atoms with Crippen molar-refractivity contribution in [2.45, 2.75) is 25.8 Å². The van der Waals surface area contributed by atoms with Crippen LogP contribution in [0.15, 0.2) is 53.6 Å². The molecular weight excluding hydrogens is 380 g/mol. The average molecular weight is 401 g/mol. The number of carbonyl (C=O) groups excluding carboxylic acids is 1. The van der Waals surface area contributed by atoms with Gasteiger partial charge in [0, 0.05) is 5.69 Å². The van der Waals surface area contributed by atoms with Crippen molar-refractivity contribution in [3.8, 4) is 6.07 Å². The Morgan fingerprint density at radius 1 is 1.14 bits per heavy atom. The van der Waals surface area contributed by atoms with Crippen molar-refractivity contribution in [1.29, 1.82) is 5.26 Å². The van der Waals surface area contributed by atoms with E-state index in [9.17, 15) is 10.1 Å². The van der Waals surface area contributed by atoms with Crippen LogP contribution in [0.25, 0.3) is 16.7 Å². The molecule has 144 valence electrons. The minimum absolute atomic E-state index is 0.0698. The molecule has 0 fully saturated rings. The van der Waals surface area contributed by atoms with Gasteiger partial charge in [0.1, 0.15) is 6.07 Å². The number of nitrogens with zero attached hydrogens (tertiary/aromatic N) is 3. The highest BCUT2D eigenvalue weighted by Gasteiger charge is 2.16. The fourth-order valence-electron chi connectivity index (χ4n) is 3.54. The lowest BCUT2D eigenvalue weighted by molar-refractivity contribution is -0.113. The van der Waals surface area contributed by atoms with E-state index in [-0.39, 0.29) is 11.7 Å². The van der Waals surface area contributed by atoms with Gasteiger partial charge in [0.05, 0.1) is 27.4 Å². The fourth-order valence-corrected chi connectivity index (χ4v) is 4.47. The van der Waals surface area contributed by atoms with Gasteiger partial charge in [-0.15, -0.1) is 0 Å². The van der Waals surface area contributed by atoms with Crippen LogP contribution >= 0.6 is 11.8 Å². The van der Waals surface area contributed by atoms with Gasteiger partial charge in [0.15, 0.2) is 5.65 Å². The molecule has 6 heteroatoms. The number of amides is 1. The van der Waals surface area contributed by atoms with E-state index in [4.69, 9.17) is 0 Å². The van der Waals surface area contributed by atoms with Crippen molar-refractivity contribution in [1.82, 2.24) is 9.38 Å². The largest absolute Gasteiger partial charge is 0.325 e. The number of hydrogen-bond acceptors (Lipinski definition) is 4. The Morgan fingerprint density at radius 2 is 1.86 bits per heavy atom. The molecule has 0 aliphatic carbocycles. The Hall–Kier alpha value is -3.30. The maximum absolute atomic E-state index is 12.5. The monoisotopic (exact) mass is 400 g/mol. The predicted molar refractivity (Wildman–Crippen MR) is 117 cm³/mol. The van der Waals surface area contributed by atoms with Crippen molar-refractivity contribution < 1.29 is 4.79 Å². The summed E-state index contributed by atoms with van der Waals surface area (Å²) < 4.78 is 1.97. The fraction of sp³-hybridized carbons (Fsp3) is 0.174. The number of imidazole rings is 1. The zero-order valence-electron chi connectivity index (χ0n) is 16.5. The first-order chi connectivity index (χ1) is 14.0. The zero-order valence-corrected chi connectivity index (χ0v) is 17.3. The molecule has 0 spiro atoms. The van der Waals surface area contributed by atoms with E-state index >= 15 is 0 Å². The lowest BCUT2D eigenvalue weighted by atomic mass is 10.1. The van der Waals surface area contributed by atoms with Gasteiger partial charge in [-0.25, -0.2) is 4.98 Å². The standard InChI is InChI=1S/C23H20N4OS/c1-14-8-15(2)10-17(9-14)25-21(28)13-29-22-11-16(3)18(12-24)23-26-19-6-4-5-7-20(19)27(22)23/h4-11H,13H2,1-3H3,(H,25,28). The summed E-state index contributed by atoms with van der Waals surface area (Å²) in [5.41, 5.74) is 6.84. The number of aryl methyl sites for hydroxylation is 3. The highest BCUT2D eigenvalue weighted by molar-refractivity contribution is 7.99. The number of benzene rings is 2. The number of hydrogen-bond donors (Lipinski definition) is 1. The SMILES string of the molecule is Cc1cc(C)cc(NC(=O)CSc2cc(C)c(C#N)c3nc4ccccc4n23)c1. The Morgan fingerprint density at radius 3 is 2.59 bits per heavy atom. The number of nitriles is 1. The van der Waals surface area contributed by atoms with Gasteiger partial charge in [0.25, 0.3) is 0 Å². The molecule has 0 aliphatic rings. The first-order valence-corrected chi connectivity index (χ1v) is 10.3. The van der Waals surface area contributed by atoms with E-state index in [2.05, 4.69) is 22.4 Å². The van der Waals surface area contributed by atoms with Crippen molar-refractivity contribution in [3.63, 3.8) is 0 Å². The Balaban J connectivity index is 1.66. The summed E-state index contributed by atoms with van der Waals surface area (Å²) in [6.07, 6.45) is 0. The number of rotatable bonds is 4. The molecule has 0 bridgehead atoms. The van der Waals surface area contributed by atoms with Gasteiger partial charge in [-0.1, -0.05) is 30.0 Å². The van der Waals surface area contributed by atoms with Crippen LogP contribution in [0.3, 0.4) is 0 Å². The molecule has 0 atom stereocenters. The molecule has 2 heterocycles. The first-order valence-electron chi connectivity index (χ1n) is 9.28. The van der Waals surface area contributed by atoms with Crippen LogP contribution in [0.4, 0.5) is 5.69 Å². The second-order valence-electron chi connectivity index (χ2n) is 7.13. The van der Waals surface area contributed by atoms with E-state index < -0.39 is 0 Å². The molecule has 4 rings (SSSR count). The molecule has 4 aromatic rings. The normalized spacial score (nSPS) is 11.0. The highest BCUT2D eigenvalue weighted by atomic mass is 32.2. The first kappa shape index (κ1) is 19.0. The van der Waals surface area contributed by atoms with Gasteiger partial charge in [-0.3, -0.25) is 9.20 Å². The maximum atomic E-state index is 12.5. The van der Waals surface area contributed by atoms with Gasteiger partial charge < -0.3 is 5.32 Å². The summed E-state index contributed by atoms with van der Waals surface area (Å²) in [6, 6.07) is 18.0. The molecule has 0 aliphatic heterocycles. The minimum Gasteiger partial charge on any atom is -0.325 e. The van der Waals surface area contributed by atoms with Crippen LogP contribution in [0.2, 0.25) is 0 Å². The smallest absolute Gasteiger partial charge is 0.234 e. The molecule has 1 amide bonds. The lowest BCUT2D eigenvalue weighted by Crippen LogP contribution is -2.14. The quantitative estimate of drug-likeness (QED) is 0.489. The summed E-state index contributed by atoms with van der Waals surface area (Å²) in [6.45, 7) is 5.92. The molecule has 5 nitrogen and oxygen atoms in total. The molecule has 0 saturated heterocycles. The van der Waals surface area contributed by atoms with E-state index in [0.717, 1.165) is 38.4 Å². The van der Waals surface area contributed by atoms with Crippen LogP contribution < -0.4 is 5.32 Å². The van der Waals surface area contributed by atoms with E-state index in [1.807, 2.05) is 67.6 Å². The molecule has 0 unspecified atom stereocenters. The third-order valence-corrected chi connectivity index (χ3v) is 5.71. The summed E-state index contributed by atoms with van der Waals surface area (Å²) in [5.74, 6) is 0.194. The van der Waals surface area contributed by atoms with Gasteiger partial charge in [-0.2, -0.15) is 5.26 Å².